The van der Waals surface area contributed by atoms with E-state index in [0.29, 0.717) is 5.92 Å². The summed E-state index contributed by atoms with van der Waals surface area (Å²) >= 11 is 0. The van der Waals surface area contributed by atoms with E-state index >= 15 is 0 Å². The fourth-order valence-electron chi connectivity index (χ4n) is 3.74. The van der Waals surface area contributed by atoms with Crippen molar-refractivity contribution in [2.24, 2.45) is 17.6 Å². The van der Waals surface area contributed by atoms with E-state index in [-0.39, 0.29) is 11.8 Å². The molecule has 0 heterocycles. The van der Waals surface area contributed by atoms with Gasteiger partial charge in [0.25, 0.3) is 0 Å². The molecule has 0 aromatic heterocycles. The molecule has 3 rings (SSSR count). The Morgan fingerprint density at radius 3 is 2.88 bits per heavy atom. The molecule has 17 heavy (non-hydrogen) atoms. The lowest BCUT2D eigenvalue weighted by atomic mass is 9.81. The summed E-state index contributed by atoms with van der Waals surface area (Å²) in [6.45, 7) is 0. The first-order valence-corrected chi connectivity index (χ1v) is 6.98. The number of fused-ring (bicyclic) bond motifs is 2. The molecular formula is C15H21NO. The lowest BCUT2D eigenvalue weighted by Gasteiger charge is -2.24. The van der Waals surface area contributed by atoms with Crippen molar-refractivity contribution < 1.29 is 4.79 Å². The minimum absolute atomic E-state index is 0.0941. The van der Waals surface area contributed by atoms with E-state index < -0.39 is 0 Å². The van der Waals surface area contributed by atoms with Crippen LogP contribution in [0.3, 0.4) is 0 Å². The van der Waals surface area contributed by atoms with Crippen molar-refractivity contribution in [2.75, 3.05) is 0 Å². The first-order chi connectivity index (χ1) is 8.25. The largest absolute Gasteiger partial charge is 0.369 e. The lowest BCUT2D eigenvalue weighted by molar-refractivity contribution is -0.122. The van der Waals surface area contributed by atoms with Crippen LogP contribution in [0.25, 0.3) is 0 Å². The minimum Gasteiger partial charge on any atom is -0.369 e. The summed E-state index contributed by atoms with van der Waals surface area (Å²) in [7, 11) is 0. The molecule has 92 valence electrons. The summed E-state index contributed by atoms with van der Waals surface area (Å²) in [5.41, 5.74) is 10.2. The monoisotopic (exact) mass is 231 g/mol. The zero-order chi connectivity index (χ0) is 11.8. The fraction of sp³-hybridized carbons (Fsp3) is 0.667. The number of hydrogen-bond acceptors (Lipinski definition) is 1. The van der Waals surface area contributed by atoms with E-state index in [0.717, 1.165) is 19.3 Å². The van der Waals surface area contributed by atoms with Gasteiger partial charge in [-0.1, -0.05) is 24.5 Å². The average Bonchev–Trinajstić information content (AvgIpc) is 2.51. The molecule has 0 bridgehead atoms. The van der Waals surface area contributed by atoms with Gasteiger partial charge in [-0.25, -0.2) is 0 Å². The molecule has 0 radical (unpaired) electrons. The molecule has 3 aliphatic carbocycles. The van der Waals surface area contributed by atoms with Gasteiger partial charge in [0.05, 0.1) is 0 Å². The second-order valence-corrected chi connectivity index (χ2v) is 5.74. The third-order valence-corrected chi connectivity index (χ3v) is 4.70. The minimum atomic E-state index is -0.103. The Balaban J connectivity index is 1.88. The van der Waals surface area contributed by atoms with E-state index in [2.05, 4.69) is 6.08 Å². The summed E-state index contributed by atoms with van der Waals surface area (Å²) in [6, 6.07) is 0. The van der Waals surface area contributed by atoms with Gasteiger partial charge in [0.2, 0.25) is 5.91 Å². The van der Waals surface area contributed by atoms with Crippen LogP contribution in [0.4, 0.5) is 0 Å². The molecule has 2 nitrogen and oxygen atoms in total. The number of rotatable bonds is 1. The highest BCUT2D eigenvalue weighted by atomic mass is 16.1. The summed E-state index contributed by atoms with van der Waals surface area (Å²) in [6.07, 6.45) is 12.1. The Labute approximate surface area is 103 Å². The van der Waals surface area contributed by atoms with Gasteiger partial charge in [-0.2, -0.15) is 0 Å². The smallest absolute Gasteiger partial charge is 0.220 e. The van der Waals surface area contributed by atoms with Crippen LogP contribution in [0, 0.1) is 11.8 Å². The lowest BCUT2D eigenvalue weighted by Crippen LogP contribution is -2.26. The van der Waals surface area contributed by atoms with Crippen LogP contribution in [-0.2, 0) is 4.79 Å². The van der Waals surface area contributed by atoms with Gasteiger partial charge >= 0.3 is 0 Å². The van der Waals surface area contributed by atoms with Crippen molar-refractivity contribution in [3.63, 3.8) is 0 Å². The molecule has 1 amide bonds. The summed E-state index contributed by atoms with van der Waals surface area (Å²) in [4.78, 5) is 11.4. The molecule has 0 spiro atoms. The van der Waals surface area contributed by atoms with Crippen LogP contribution < -0.4 is 5.73 Å². The van der Waals surface area contributed by atoms with E-state index in [9.17, 15) is 4.79 Å². The van der Waals surface area contributed by atoms with Crippen molar-refractivity contribution in [3.8, 4) is 0 Å². The molecule has 0 saturated heterocycles. The van der Waals surface area contributed by atoms with Gasteiger partial charge in [-0.05, 0) is 55.6 Å². The van der Waals surface area contributed by atoms with Crippen LogP contribution >= 0.6 is 0 Å². The predicted octanol–water partition coefficient (Wildman–Crippen LogP) is 3.09. The summed E-state index contributed by atoms with van der Waals surface area (Å²) in [5.74, 6) is 0.694. The van der Waals surface area contributed by atoms with Crippen molar-refractivity contribution in [1.29, 1.82) is 0 Å². The summed E-state index contributed by atoms with van der Waals surface area (Å²) < 4.78 is 0. The Hall–Kier alpha value is -1.05. The number of carbonyl (C=O) groups excluding carboxylic acids is 1. The Kier molecular flexibility index (Phi) is 2.81. The molecule has 2 fully saturated rings. The maximum absolute atomic E-state index is 11.4. The standard InChI is InChI=1S/C15H21NO/c16-15(17)12-7-6-11-8-10-4-2-1-3-5-13(10)14(11)9-12/h8,10,12H,1-7,9H2,(H2,16,17). The van der Waals surface area contributed by atoms with Gasteiger partial charge in [-0.15, -0.1) is 0 Å². The number of amides is 1. The zero-order valence-electron chi connectivity index (χ0n) is 10.4. The van der Waals surface area contributed by atoms with E-state index in [1.165, 1.54) is 37.7 Å². The quantitative estimate of drug-likeness (QED) is 0.740. The van der Waals surface area contributed by atoms with Crippen LogP contribution in [0.1, 0.15) is 51.4 Å². The predicted molar refractivity (Wildman–Crippen MR) is 68.2 cm³/mol. The number of hydrogen-bond donors (Lipinski definition) is 1. The molecular weight excluding hydrogens is 210 g/mol. The maximum Gasteiger partial charge on any atom is 0.220 e. The van der Waals surface area contributed by atoms with Crippen molar-refractivity contribution >= 4 is 5.91 Å². The highest BCUT2D eigenvalue weighted by molar-refractivity contribution is 5.77. The number of allylic oxidation sites excluding steroid dienone is 4. The molecule has 0 aromatic carbocycles. The highest BCUT2D eigenvalue weighted by Gasteiger charge is 2.33. The first-order valence-electron chi connectivity index (χ1n) is 6.98. The topological polar surface area (TPSA) is 43.1 Å². The van der Waals surface area contributed by atoms with Crippen LogP contribution in [-0.4, -0.2) is 5.91 Å². The molecule has 3 aliphatic rings. The first kappa shape index (κ1) is 11.1. The van der Waals surface area contributed by atoms with E-state index in [4.69, 9.17) is 5.73 Å². The number of primary amides is 1. The van der Waals surface area contributed by atoms with Gasteiger partial charge in [0, 0.05) is 5.92 Å². The average molecular weight is 231 g/mol. The van der Waals surface area contributed by atoms with E-state index in [1.54, 1.807) is 11.1 Å². The normalized spacial score (nSPS) is 32.6. The molecule has 2 heteroatoms. The molecule has 2 atom stereocenters. The summed E-state index contributed by atoms with van der Waals surface area (Å²) in [5, 5.41) is 0. The Morgan fingerprint density at radius 2 is 2.06 bits per heavy atom. The SMILES string of the molecule is NC(=O)C1CCC2=CC3CCCCCC3=C2C1. The maximum atomic E-state index is 11.4. The third kappa shape index (κ3) is 1.94. The van der Waals surface area contributed by atoms with Crippen molar-refractivity contribution in [3.05, 3.63) is 22.8 Å². The molecule has 0 aliphatic heterocycles. The Morgan fingerprint density at radius 1 is 1.18 bits per heavy atom. The van der Waals surface area contributed by atoms with Crippen LogP contribution in [0.15, 0.2) is 22.8 Å². The number of carbonyl (C=O) groups is 1. The van der Waals surface area contributed by atoms with Gasteiger partial charge in [-0.3, -0.25) is 4.79 Å². The fourth-order valence-corrected chi connectivity index (χ4v) is 3.74. The second kappa shape index (κ2) is 4.32. The molecule has 0 aromatic rings. The van der Waals surface area contributed by atoms with Gasteiger partial charge < -0.3 is 5.73 Å². The molecule has 2 saturated carbocycles. The van der Waals surface area contributed by atoms with Gasteiger partial charge in [0.15, 0.2) is 0 Å². The van der Waals surface area contributed by atoms with Crippen LogP contribution in [0.2, 0.25) is 0 Å². The number of nitrogens with two attached hydrogens (primary N) is 1. The molecule has 2 N–H and O–H groups in total. The van der Waals surface area contributed by atoms with E-state index in [1.807, 2.05) is 0 Å². The second-order valence-electron chi connectivity index (χ2n) is 5.74. The zero-order valence-corrected chi connectivity index (χ0v) is 10.4. The Bertz CT molecular complexity index is 405. The van der Waals surface area contributed by atoms with Crippen molar-refractivity contribution in [2.45, 2.75) is 51.4 Å². The third-order valence-electron chi connectivity index (χ3n) is 4.70. The van der Waals surface area contributed by atoms with Crippen molar-refractivity contribution in [1.82, 2.24) is 0 Å². The highest BCUT2D eigenvalue weighted by Crippen LogP contribution is 2.46. The van der Waals surface area contributed by atoms with Crippen LogP contribution in [0.5, 0.6) is 0 Å². The van der Waals surface area contributed by atoms with Gasteiger partial charge in [0.1, 0.15) is 0 Å². The molecule has 2 unspecified atom stereocenters.